The average molecular weight is 350 g/mol. The van der Waals surface area contributed by atoms with Crippen molar-refractivity contribution in [3.63, 3.8) is 0 Å². The lowest BCUT2D eigenvalue weighted by molar-refractivity contribution is -0.113. The maximum absolute atomic E-state index is 12.1. The van der Waals surface area contributed by atoms with Crippen molar-refractivity contribution in [2.75, 3.05) is 48.7 Å². The van der Waals surface area contributed by atoms with Crippen LogP contribution >= 0.6 is 11.8 Å². The minimum absolute atomic E-state index is 0.0716. The molecule has 1 aliphatic rings. The van der Waals surface area contributed by atoms with Gasteiger partial charge < -0.3 is 15.1 Å². The van der Waals surface area contributed by atoms with Gasteiger partial charge in [-0.1, -0.05) is 27.7 Å². The second-order valence-electron chi connectivity index (χ2n) is 7.37. The Bertz CT molecular complexity index is 560. The third-order valence-corrected chi connectivity index (χ3v) is 5.58. The molecule has 1 N–H and O–H groups in total. The molecule has 0 aliphatic carbocycles. The molecule has 1 fully saturated rings. The molecule has 0 saturated carbocycles. The summed E-state index contributed by atoms with van der Waals surface area (Å²) >= 11 is 1.67. The number of likely N-dealkylation sites (N-methyl/N-ethyl adjacent to an activating group) is 1. The predicted molar refractivity (Wildman–Crippen MR) is 106 cm³/mol. The largest absolute Gasteiger partial charge is 0.369 e. The van der Waals surface area contributed by atoms with E-state index in [4.69, 9.17) is 0 Å². The molecule has 0 radical (unpaired) electrons. The zero-order chi connectivity index (χ0) is 17.7. The molecule has 0 unspecified atom stereocenters. The molecule has 1 aromatic carbocycles. The van der Waals surface area contributed by atoms with E-state index >= 15 is 0 Å². The number of carbonyl (C=O) groups is 1. The Labute approximate surface area is 151 Å². The first-order valence-electron chi connectivity index (χ1n) is 8.80. The van der Waals surface area contributed by atoms with Crippen LogP contribution in [0.4, 0.5) is 11.4 Å². The molecule has 5 heteroatoms. The normalized spacial score (nSPS) is 16.3. The molecule has 4 nitrogen and oxygen atoms in total. The number of benzene rings is 1. The van der Waals surface area contributed by atoms with E-state index in [1.165, 1.54) is 5.69 Å². The molecule has 1 aromatic rings. The van der Waals surface area contributed by atoms with Gasteiger partial charge in [-0.05, 0) is 37.2 Å². The lowest BCUT2D eigenvalue weighted by Crippen LogP contribution is -2.46. The van der Waals surface area contributed by atoms with Gasteiger partial charge in [0, 0.05) is 42.3 Å². The number of aryl methyl sites for hydroxylation is 1. The molecule has 2 rings (SSSR count). The quantitative estimate of drug-likeness (QED) is 0.881. The van der Waals surface area contributed by atoms with Gasteiger partial charge in [0.15, 0.2) is 0 Å². The predicted octanol–water partition coefficient (Wildman–Crippen LogP) is 3.61. The summed E-state index contributed by atoms with van der Waals surface area (Å²) in [5.74, 6) is 0.561. The summed E-state index contributed by atoms with van der Waals surface area (Å²) in [6.07, 6.45) is 0. The van der Waals surface area contributed by atoms with Crippen LogP contribution in [0.3, 0.4) is 0 Å². The van der Waals surface area contributed by atoms with E-state index in [-0.39, 0.29) is 10.7 Å². The number of hydrogen-bond acceptors (Lipinski definition) is 4. The molecule has 24 heavy (non-hydrogen) atoms. The van der Waals surface area contributed by atoms with E-state index < -0.39 is 0 Å². The highest BCUT2D eigenvalue weighted by molar-refractivity contribution is 8.01. The van der Waals surface area contributed by atoms with Gasteiger partial charge in [-0.2, -0.15) is 0 Å². The van der Waals surface area contributed by atoms with E-state index in [1.54, 1.807) is 11.8 Å². The maximum atomic E-state index is 12.1. The van der Waals surface area contributed by atoms with Crippen LogP contribution in [0.5, 0.6) is 0 Å². The minimum Gasteiger partial charge on any atom is -0.369 e. The zero-order valence-corrected chi connectivity index (χ0v) is 16.5. The molecule has 0 atom stereocenters. The lowest BCUT2D eigenvalue weighted by Gasteiger charge is -2.35. The fourth-order valence-electron chi connectivity index (χ4n) is 2.78. The number of anilines is 2. The van der Waals surface area contributed by atoms with Gasteiger partial charge in [0.05, 0.1) is 5.75 Å². The van der Waals surface area contributed by atoms with E-state index in [0.29, 0.717) is 5.75 Å². The second-order valence-corrected chi connectivity index (χ2v) is 9.17. The Morgan fingerprint density at radius 1 is 1.21 bits per heavy atom. The Morgan fingerprint density at radius 3 is 2.42 bits per heavy atom. The summed E-state index contributed by atoms with van der Waals surface area (Å²) in [5, 5.41) is 3.04. The van der Waals surface area contributed by atoms with Crippen molar-refractivity contribution < 1.29 is 4.79 Å². The van der Waals surface area contributed by atoms with Crippen LogP contribution in [0.1, 0.15) is 33.3 Å². The number of amides is 1. The molecule has 0 bridgehead atoms. The Morgan fingerprint density at radius 2 is 1.88 bits per heavy atom. The van der Waals surface area contributed by atoms with Crippen LogP contribution < -0.4 is 10.2 Å². The lowest BCUT2D eigenvalue weighted by atomic mass is 10.1. The first-order chi connectivity index (χ1) is 11.3. The Balaban J connectivity index is 1.93. The van der Waals surface area contributed by atoms with Crippen molar-refractivity contribution in [2.24, 2.45) is 0 Å². The highest BCUT2D eigenvalue weighted by Gasteiger charge is 2.17. The maximum Gasteiger partial charge on any atom is 0.234 e. The summed E-state index contributed by atoms with van der Waals surface area (Å²) in [6.45, 7) is 16.2. The number of nitrogens with zero attached hydrogens (tertiary/aromatic N) is 2. The topological polar surface area (TPSA) is 35.6 Å². The minimum atomic E-state index is 0.0716. The van der Waals surface area contributed by atoms with Crippen molar-refractivity contribution in [3.8, 4) is 0 Å². The Hall–Kier alpha value is -1.20. The number of rotatable bonds is 5. The smallest absolute Gasteiger partial charge is 0.234 e. The highest BCUT2D eigenvalue weighted by Crippen LogP contribution is 2.26. The van der Waals surface area contributed by atoms with Gasteiger partial charge in [0.2, 0.25) is 5.91 Å². The molecule has 1 saturated heterocycles. The van der Waals surface area contributed by atoms with Gasteiger partial charge in [-0.25, -0.2) is 0 Å². The first kappa shape index (κ1) is 19.1. The molecular weight excluding hydrogens is 318 g/mol. The van der Waals surface area contributed by atoms with Crippen molar-refractivity contribution in [2.45, 2.75) is 39.4 Å². The molecule has 1 heterocycles. The third kappa shape index (κ3) is 5.71. The second kappa shape index (κ2) is 8.26. The van der Waals surface area contributed by atoms with Gasteiger partial charge in [0.1, 0.15) is 0 Å². The summed E-state index contributed by atoms with van der Waals surface area (Å²) in [6, 6.07) is 6.35. The van der Waals surface area contributed by atoms with Crippen molar-refractivity contribution >= 4 is 29.0 Å². The standard InChI is InChI=1S/C19H31N3OS/c1-6-21-9-11-22(12-10-21)16-7-8-17(15(2)13-16)20-18(23)14-24-19(3,4)5/h7-8,13H,6,9-12,14H2,1-5H3,(H,20,23). The van der Waals surface area contributed by atoms with E-state index in [0.717, 1.165) is 44.0 Å². The van der Waals surface area contributed by atoms with Crippen molar-refractivity contribution in [1.82, 2.24) is 4.90 Å². The molecular formula is C19H31N3OS. The molecule has 1 aliphatic heterocycles. The summed E-state index contributed by atoms with van der Waals surface area (Å²) < 4.78 is 0.108. The van der Waals surface area contributed by atoms with E-state index in [9.17, 15) is 4.79 Å². The van der Waals surface area contributed by atoms with Crippen molar-refractivity contribution in [1.29, 1.82) is 0 Å². The molecule has 134 valence electrons. The Kier molecular flexibility index (Phi) is 6.58. The SMILES string of the molecule is CCN1CCN(c2ccc(NC(=O)CSC(C)(C)C)c(C)c2)CC1. The van der Waals surface area contributed by atoms with Gasteiger partial charge in [-0.15, -0.1) is 11.8 Å². The van der Waals surface area contributed by atoms with E-state index in [2.05, 4.69) is 61.9 Å². The van der Waals surface area contributed by atoms with Crippen LogP contribution in [-0.2, 0) is 4.79 Å². The third-order valence-electron chi connectivity index (χ3n) is 4.31. The van der Waals surface area contributed by atoms with Crippen LogP contribution in [0.2, 0.25) is 0 Å². The van der Waals surface area contributed by atoms with Gasteiger partial charge >= 0.3 is 0 Å². The first-order valence-corrected chi connectivity index (χ1v) is 9.79. The highest BCUT2D eigenvalue weighted by atomic mass is 32.2. The van der Waals surface area contributed by atoms with Crippen LogP contribution in [-0.4, -0.2) is 54.0 Å². The molecule has 1 amide bonds. The number of piperazine rings is 1. The zero-order valence-electron chi connectivity index (χ0n) is 15.7. The van der Waals surface area contributed by atoms with Crippen molar-refractivity contribution in [3.05, 3.63) is 23.8 Å². The fourth-order valence-corrected chi connectivity index (χ4v) is 3.41. The number of hydrogen-bond donors (Lipinski definition) is 1. The monoisotopic (exact) mass is 349 g/mol. The summed E-state index contributed by atoms with van der Waals surface area (Å²) in [5.41, 5.74) is 3.30. The average Bonchev–Trinajstić information content (AvgIpc) is 2.54. The number of nitrogens with one attached hydrogen (secondary N) is 1. The number of thioether (sulfide) groups is 1. The van der Waals surface area contributed by atoms with Gasteiger partial charge in [-0.3, -0.25) is 4.79 Å². The number of carbonyl (C=O) groups excluding carboxylic acids is 1. The van der Waals surface area contributed by atoms with E-state index in [1.807, 2.05) is 6.07 Å². The summed E-state index contributed by atoms with van der Waals surface area (Å²) in [4.78, 5) is 17.0. The molecule has 0 aromatic heterocycles. The van der Waals surface area contributed by atoms with Crippen LogP contribution in [0, 0.1) is 6.92 Å². The fraction of sp³-hybridized carbons (Fsp3) is 0.632. The van der Waals surface area contributed by atoms with Crippen LogP contribution in [0.25, 0.3) is 0 Å². The summed E-state index contributed by atoms with van der Waals surface area (Å²) in [7, 11) is 0. The molecule has 0 spiro atoms. The van der Waals surface area contributed by atoms with Crippen LogP contribution in [0.15, 0.2) is 18.2 Å². The van der Waals surface area contributed by atoms with Gasteiger partial charge in [0.25, 0.3) is 0 Å².